The van der Waals surface area contributed by atoms with E-state index in [1.54, 1.807) is 41.4 Å². The van der Waals surface area contributed by atoms with Gasteiger partial charge in [0.05, 0.1) is 0 Å². The molecular formula is C14H14N2O3S2. The van der Waals surface area contributed by atoms with E-state index in [0.717, 1.165) is 4.90 Å². The predicted molar refractivity (Wildman–Crippen MR) is 85.1 cm³/mol. The second-order valence-corrected chi connectivity index (χ2v) is 5.97. The third-order valence-electron chi connectivity index (χ3n) is 2.70. The number of thioether (sulfide) groups is 1. The number of carboxylic acid groups (broad SMARTS) is 1. The van der Waals surface area contributed by atoms with Crippen LogP contribution in [-0.4, -0.2) is 23.4 Å². The van der Waals surface area contributed by atoms with E-state index >= 15 is 0 Å². The Balaban J connectivity index is 2.00. The van der Waals surface area contributed by atoms with E-state index < -0.39 is 18.0 Å². The molecule has 2 aromatic rings. The summed E-state index contributed by atoms with van der Waals surface area (Å²) in [6, 6.07) is 9.14. The first kappa shape index (κ1) is 15.4. The van der Waals surface area contributed by atoms with Crippen molar-refractivity contribution >= 4 is 40.8 Å². The first-order valence-electron chi connectivity index (χ1n) is 6.08. The van der Waals surface area contributed by atoms with Gasteiger partial charge in [-0.25, -0.2) is 9.59 Å². The Bertz CT molecular complexity index is 612. The Hall–Kier alpha value is -1.99. The number of benzene rings is 1. The minimum absolute atomic E-state index is 0.548. The van der Waals surface area contributed by atoms with Crippen molar-refractivity contribution in [2.24, 2.45) is 0 Å². The Morgan fingerprint density at radius 3 is 2.48 bits per heavy atom. The molecule has 2 rings (SSSR count). The quantitative estimate of drug-likeness (QED) is 0.737. The first-order valence-corrected chi connectivity index (χ1v) is 8.18. The minimum Gasteiger partial charge on any atom is -0.479 e. The van der Waals surface area contributed by atoms with Gasteiger partial charge in [-0.05, 0) is 42.0 Å². The van der Waals surface area contributed by atoms with Gasteiger partial charge in [0, 0.05) is 15.5 Å². The maximum Gasteiger partial charge on any atom is 0.331 e. The van der Waals surface area contributed by atoms with Crippen LogP contribution in [0.25, 0.3) is 0 Å². The van der Waals surface area contributed by atoms with Crippen LogP contribution in [0.3, 0.4) is 0 Å². The molecule has 1 atom stereocenters. The topological polar surface area (TPSA) is 78.4 Å². The molecule has 3 N–H and O–H groups in total. The van der Waals surface area contributed by atoms with Crippen LogP contribution < -0.4 is 10.6 Å². The molecule has 0 saturated heterocycles. The van der Waals surface area contributed by atoms with Crippen LogP contribution >= 0.6 is 23.1 Å². The molecule has 7 heteroatoms. The lowest BCUT2D eigenvalue weighted by Gasteiger charge is -2.14. The molecule has 0 fully saturated rings. The van der Waals surface area contributed by atoms with E-state index in [2.05, 4.69) is 10.6 Å². The summed E-state index contributed by atoms with van der Waals surface area (Å²) in [5.74, 6) is -1.09. The number of aliphatic carboxylic acids is 1. The second-order valence-electron chi connectivity index (χ2n) is 4.11. The van der Waals surface area contributed by atoms with E-state index in [1.165, 1.54) is 11.3 Å². The number of urea groups is 1. The highest BCUT2D eigenvalue weighted by Gasteiger charge is 2.22. The van der Waals surface area contributed by atoms with Crippen molar-refractivity contribution < 1.29 is 14.7 Å². The molecule has 1 aromatic carbocycles. The molecule has 0 aliphatic rings. The summed E-state index contributed by atoms with van der Waals surface area (Å²) in [5, 5.41) is 16.0. The Morgan fingerprint density at radius 2 is 1.95 bits per heavy atom. The Morgan fingerprint density at radius 1 is 1.24 bits per heavy atom. The summed E-state index contributed by atoms with van der Waals surface area (Å²) in [4.78, 5) is 24.8. The van der Waals surface area contributed by atoms with E-state index in [0.29, 0.717) is 10.6 Å². The zero-order valence-electron chi connectivity index (χ0n) is 11.2. The summed E-state index contributed by atoms with van der Waals surface area (Å²) in [6.07, 6.45) is 1.97. The highest BCUT2D eigenvalue weighted by Crippen LogP contribution is 2.20. The van der Waals surface area contributed by atoms with Crippen molar-refractivity contribution in [1.82, 2.24) is 5.32 Å². The lowest BCUT2D eigenvalue weighted by Crippen LogP contribution is -2.36. The number of rotatable bonds is 5. The van der Waals surface area contributed by atoms with Crippen LogP contribution in [0.1, 0.15) is 10.9 Å². The van der Waals surface area contributed by atoms with Gasteiger partial charge in [0.1, 0.15) is 0 Å². The van der Waals surface area contributed by atoms with Crippen LogP contribution in [0, 0.1) is 0 Å². The summed E-state index contributed by atoms with van der Waals surface area (Å²) >= 11 is 2.89. The van der Waals surface area contributed by atoms with Gasteiger partial charge in [-0.15, -0.1) is 23.1 Å². The Labute approximate surface area is 130 Å². The maximum atomic E-state index is 11.9. The summed E-state index contributed by atoms with van der Waals surface area (Å²) in [5.41, 5.74) is 0.612. The first-order chi connectivity index (χ1) is 10.1. The van der Waals surface area contributed by atoms with E-state index in [4.69, 9.17) is 0 Å². The van der Waals surface area contributed by atoms with E-state index in [9.17, 15) is 14.7 Å². The number of carboxylic acids is 1. The SMILES string of the molecule is CSc1ccc(NC(=O)NC(C(=O)O)c2cccs2)cc1. The fourth-order valence-electron chi connectivity index (χ4n) is 1.68. The van der Waals surface area contributed by atoms with Gasteiger partial charge in [-0.1, -0.05) is 6.07 Å². The molecule has 1 unspecified atom stereocenters. The number of nitrogens with one attached hydrogen (secondary N) is 2. The molecular weight excluding hydrogens is 308 g/mol. The van der Waals surface area contributed by atoms with Gasteiger partial charge in [0.2, 0.25) is 0 Å². The standard InChI is InChI=1S/C14H14N2O3S2/c1-20-10-6-4-9(5-7-10)15-14(19)16-12(13(17)18)11-3-2-8-21-11/h2-8,12H,1H3,(H,17,18)(H2,15,16,19). The molecule has 0 radical (unpaired) electrons. The molecule has 21 heavy (non-hydrogen) atoms. The van der Waals surface area contributed by atoms with E-state index in [-0.39, 0.29) is 0 Å². The molecule has 1 aromatic heterocycles. The number of amides is 2. The largest absolute Gasteiger partial charge is 0.479 e. The zero-order valence-corrected chi connectivity index (χ0v) is 12.8. The molecule has 0 bridgehead atoms. The van der Waals surface area contributed by atoms with Gasteiger partial charge in [0.25, 0.3) is 0 Å². The normalized spacial score (nSPS) is 11.7. The lowest BCUT2D eigenvalue weighted by molar-refractivity contribution is -0.139. The zero-order chi connectivity index (χ0) is 15.2. The number of carbonyl (C=O) groups is 2. The van der Waals surface area contributed by atoms with Crippen LogP contribution in [0.4, 0.5) is 10.5 Å². The monoisotopic (exact) mass is 322 g/mol. The highest BCUT2D eigenvalue weighted by atomic mass is 32.2. The lowest BCUT2D eigenvalue weighted by atomic mass is 10.2. The molecule has 2 amide bonds. The fourth-order valence-corrected chi connectivity index (χ4v) is 2.86. The number of thiophene rings is 1. The van der Waals surface area contributed by atoms with Gasteiger partial charge in [0.15, 0.2) is 6.04 Å². The van der Waals surface area contributed by atoms with Crippen molar-refractivity contribution in [3.05, 3.63) is 46.7 Å². The number of hydrogen-bond acceptors (Lipinski definition) is 4. The molecule has 0 aliphatic heterocycles. The molecule has 0 aliphatic carbocycles. The van der Waals surface area contributed by atoms with Gasteiger partial charge < -0.3 is 15.7 Å². The summed E-state index contributed by atoms with van der Waals surface area (Å²) in [7, 11) is 0. The van der Waals surface area contributed by atoms with Gasteiger partial charge in [-0.3, -0.25) is 0 Å². The molecule has 110 valence electrons. The number of hydrogen-bond donors (Lipinski definition) is 3. The average molecular weight is 322 g/mol. The van der Waals surface area contributed by atoms with Crippen molar-refractivity contribution in [3.63, 3.8) is 0 Å². The van der Waals surface area contributed by atoms with Gasteiger partial charge >= 0.3 is 12.0 Å². The summed E-state index contributed by atoms with van der Waals surface area (Å²) in [6.45, 7) is 0. The molecule has 0 spiro atoms. The maximum absolute atomic E-state index is 11.9. The molecule has 1 heterocycles. The fraction of sp³-hybridized carbons (Fsp3) is 0.143. The summed E-state index contributed by atoms with van der Waals surface area (Å²) < 4.78 is 0. The van der Waals surface area contributed by atoms with Crippen LogP contribution in [0.5, 0.6) is 0 Å². The van der Waals surface area contributed by atoms with Crippen LogP contribution in [0.15, 0.2) is 46.7 Å². The molecule has 0 saturated carbocycles. The van der Waals surface area contributed by atoms with Crippen molar-refractivity contribution in [1.29, 1.82) is 0 Å². The average Bonchev–Trinajstić information content (AvgIpc) is 2.99. The second kappa shape index (κ2) is 7.14. The highest BCUT2D eigenvalue weighted by molar-refractivity contribution is 7.98. The number of carbonyl (C=O) groups excluding carboxylic acids is 1. The third kappa shape index (κ3) is 4.24. The minimum atomic E-state index is -1.09. The van der Waals surface area contributed by atoms with E-state index in [1.807, 2.05) is 18.4 Å². The number of anilines is 1. The van der Waals surface area contributed by atoms with Crippen LogP contribution in [-0.2, 0) is 4.79 Å². The predicted octanol–water partition coefficient (Wildman–Crippen LogP) is 3.42. The van der Waals surface area contributed by atoms with Crippen molar-refractivity contribution in [2.45, 2.75) is 10.9 Å². The van der Waals surface area contributed by atoms with Crippen LogP contribution in [0.2, 0.25) is 0 Å². The smallest absolute Gasteiger partial charge is 0.331 e. The van der Waals surface area contributed by atoms with Gasteiger partial charge in [-0.2, -0.15) is 0 Å². The van der Waals surface area contributed by atoms with Crippen molar-refractivity contribution in [2.75, 3.05) is 11.6 Å². The molecule has 5 nitrogen and oxygen atoms in total. The third-order valence-corrected chi connectivity index (χ3v) is 4.38. The Kier molecular flexibility index (Phi) is 5.24. The van der Waals surface area contributed by atoms with Crippen molar-refractivity contribution in [3.8, 4) is 0 Å².